The third-order valence-corrected chi connectivity index (χ3v) is 2.72. The van der Waals surface area contributed by atoms with Gasteiger partial charge in [0.25, 0.3) is 0 Å². The summed E-state index contributed by atoms with van der Waals surface area (Å²) in [7, 11) is 1.11. The van der Waals surface area contributed by atoms with E-state index in [2.05, 4.69) is 4.74 Å². The van der Waals surface area contributed by atoms with Crippen molar-refractivity contribution in [2.75, 3.05) is 7.11 Å². The number of carbonyl (C=O) groups is 1. The lowest BCUT2D eigenvalue weighted by atomic mass is 9.96. The van der Waals surface area contributed by atoms with E-state index in [1.54, 1.807) is 0 Å². The molecule has 0 aliphatic heterocycles. The highest BCUT2D eigenvalue weighted by Crippen LogP contribution is 2.32. The lowest BCUT2D eigenvalue weighted by Crippen LogP contribution is -2.33. The third-order valence-electron chi connectivity index (χ3n) is 2.12. The van der Waals surface area contributed by atoms with Crippen molar-refractivity contribution < 1.29 is 19.0 Å². The SMILES string of the molecule is COC(=O)C(C)(O)c1cc(F)c(Cl)cc1Cl. The molecule has 1 atom stereocenters. The van der Waals surface area contributed by atoms with Gasteiger partial charge in [-0.1, -0.05) is 23.2 Å². The molecule has 0 saturated carbocycles. The zero-order valence-electron chi connectivity index (χ0n) is 8.55. The quantitative estimate of drug-likeness (QED) is 0.661. The van der Waals surface area contributed by atoms with Gasteiger partial charge in [0.1, 0.15) is 5.82 Å². The number of hydrogen-bond donors (Lipinski definition) is 1. The van der Waals surface area contributed by atoms with Crippen LogP contribution in [0.4, 0.5) is 4.39 Å². The molecule has 3 nitrogen and oxygen atoms in total. The molecule has 1 unspecified atom stereocenters. The Morgan fingerprint density at radius 3 is 2.50 bits per heavy atom. The number of ether oxygens (including phenoxy) is 1. The van der Waals surface area contributed by atoms with E-state index < -0.39 is 17.4 Å². The topological polar surface area (TPSA) is 46.5 Å². The highest BCUT2D eigenvalue weighted by molar-refractivity contribution is 6.35. The second kappa shape index (κ2) is 4.57. The minimum absolute atomic E-state index is 0.0122. The van der Waals surface area contributed by atoms with Gasteiger partial charge in [0, 0.05) is 10.6 Å². The number of esters is 1. The Morgan fingerprint density at radius 2 is 2.00 bits per heavy atom. The Bertz CT molecular complexity index is 432. The van der Waals surface area contributed by atoms with Gasteiger partial charge in [-0.15, -0.1) is 0 Å². The van der Waals surface area contributed by atoms with E-state index in [-0.39, 0.29) is 15.6 Å². The van der Waals surface area contributed by atoms with Crippen LogP contribution in [0.5, 0.6) is 0 Å². The van der Waals surface area contributed by atoms with Gasteiger partial charge in [-0.25, -0.2) is 9.18 Å². The largest absolute Gasteiger partial charge is 0.467 e. The molecule has 1 aromatic rings. The van der Waals surface area contributed by atoms with Crippen molar-refractivity contribution in [3.05, 3.63) is 33.6 Å². The molecule has 0 spiro atoms. The van der Waals surface area contributed by atoms with Crippen LogP contribution in [-0.2, 0) is 15.1 Å². The number of aliphatic hydroxyl groups is 1. The van der Waals surface area contributed by atoms with Gasteiger partial charge in [-0.2, -0.15) is 0 Å². The van der Waals surface area contributed by atoms with Crippen LogP contribution in [0.1, 0.15) is 12.5 Å². The van der Waals surface area contributed by atoms with Gasteiger partial charge in [-0.05, 0) is 19.1 Å². The van der Waals surface area contributed by atoms with Crippen molar-refractivity contribution in [1.29, 1.82) is 0 Å². The number of carbonyl (C=O) groups excluding carboxylic acids is 1. The second-order valence-corrected chi connectivity index (χ2v) is 4.12. The van der Waals surface area contributed by atoms with E-state index >= 15 is 0 Å². The third kappa shape index (κ3) is 2.29. The van der Waals surface area contributed by atoms with Crippen LogP contribution in [0, 0.1) is 5.82 Å². The Labute approximate surface area is 102 Å². The van der Waals surface area contributed by atoms with Gasteiger partial charge < -0.3 is 9.84 Å². The maximum absolute atomic E-state index is 13.2. The van der Waals surface area contributed by atoms with Crippen LogP contribution >= 0.6 is 23.2 Å². The molecule has 0 radical (unpaired) electrons. The number of benzene rings is 1. The van der Waals surface area contributed by atoms with E-state index in [9.17, 15) is 14.3 Å². The first-order valence-corrected chi connectivity index (χ1v) is 5.02. The number of hydrogen-bond acceptors (Lipinski definition) is 3. The van der Waals surface area contributed by atoms with E-state index in [4.69, 9.17) is 23.2 Å². The summed E-state index contributed by atoms with van der Waals surface area (Å²) in [6.45, 7) is 1.16. The van der Waals surface area contributed by atoms with Crippen LogP contribution in [0.2, 0.25) is 10.0 Å². The first kappa shape index (κ1) is 13.2. The highest BCUT2D eigenvalue weighted by atomic mass is 35.5. The Balaban J connectivity index is 3.33. The number of rotatable bonds is 2. The molecule has 0 heterocycles. The molecule has 1 aromatic carbocycles. The van der Waals surface area contributed by atoms with Crippen LogP contribution in [0.15, 0.2) is 12.1 Å². The average molecular weight is 267 g/mol. The van der Waals surface area contributed by atoms with Crippen molar-refractivity contribution in [2.24, 2.45) is 0 Å². The second-order valence-electron chi connectivity index (χ2n) is 3.31. The molecule has 0 aliphatic rings. The summed E-state index contributed by atoms with van der Waals surface area (Å²) in [6.07, 6.45) is 0. The van der Waals surface area contributed by atoms with Gasteiger partial charge in [0.05, 0.1) is 12.1 Å². The summed E-state index contributed by atoms with van der Waals surface area (Å²) >= 11 is 11.3. The summed E-state index contributed by atoms with van der Waals surface area (Å²) in [5.74, 6) is -1.71. The molecule has 0 bridgehead atoms. The molecule has 1 rings (SSSR count). The zero-order valence-corrected chi connectivity index (χ0v) is 10.1. The first-order valence-electron chi connectivity index (χ1n) is 4.26. The van der Waals surface area contributed by atoms with Gasteiger partial charge in [-0.3, -0.25) is 0 Å². The minimum atomic E-state index is -2.02. The van der Waals surface area contributed by atoms with Crippen LogP contribution in [0.25, 0.3) is 0 Å². The number of methoxy groups -OCH3 is 1. The molecule has 1 N–H and O–H groups in total. The smallest absolute Gasteiger partial charge is 0.342 e. The lowest BCUT2D eigenvalue weighted by molar-refractivity contribution is -0.161. The van der Waals surface area contributed by atoms with Crippen LogP contribution in [0.3, 0.4) is 0 Å². The Kier molecular flexibility index (Phi) is 3.78. The molecular formula is C10H9Cl2FO3. The summed E-state index contributed by atoms with van der Waals surface area (Å²) < 4.78 is 17.6. The van der Waals surface area contributed by atoms with Crippen molar-refractivity contribution in [3.8, 4) is 0 Å². The molecule has 88 valence electrons. The fraction of sp³-hybridized carbons (Fsp3) is 0.300. The number of halogens is 3. The van der Waals surface area contributed by atoms with Crippen molar-refractivity contribution in [3.63, 3.8) is 0 Å². The summed E-state index contributed by atoms with van der Waals surface area (Å²) in [4.78, 5) is 11.3. The summed E-state index contributed by atoms with van der Waals surface area (Å²) in [5, 5.41) is 9.68. The maximum atomic E-state index is 13.2. The van der Waals surface area contributed by atoms with Gasteiger partial charge in [0.2, 0.25) is 0 Å². The van der Waals surface area contributed by atoms with Gasteiger partial charge in [0.15, 0.2) is 5.60 Å². The summed E-state index contributed by atoms with van der Waals surface area (Å²) in [5.41, 5.74) is -2.11. The Morgan fingerprint density at radius 1 is 1.44 bits per heavy atom. The van der Waals surface area contributed by atoms with Crippen LogP contribution in [-0.4, -0.2) is 18.2 Å². The van der Waals surface area contributed by atoms with E-state index in [1.807, 2.05) is 0 Å². The lowest BCUT2D eigenvalue weighted by Gasteiger charge is -2.22. The standard InChI is InChI=1S/C10H9Cl2FO3/c1-10(15,9(14)16-2)5-3-8(13)7(12)4-6(5)11/h3-4,15H,1-2H3. The zero-order chi connectivity index (χ0) is 12.5. The molecule has 6 heteroatoms. The molecule has 0 aromatic heterocycles. The normalized spacial score (nSPS) is 14.4. The molecule has 0 aliphatic carbocycles. The summed E-state index contributed by atoms with van der Waals surface area (Å²) in [6, 6.07) is 2.02. The van der Waals surface area contributed by atoms with Crippen LogP contribution < -0.4 is 0 Å². The molecule has 0 fully saturated rings. The minimum Gasteiger partial charge on any atom is -0.467 e. The monoisotopic (exact) mass is 266 g/mol. The van der Waals surface area contributed by atoms with Crippen molar-refractivity contribution in [1.82, 2.24) is 0 Å². The average Bonchev–Trinajstić information content (AvgIpc) is 2.21. The van der Waals surface area contributed by atoms with E-state index in [0.717, 1.165) is 26.2 Å². The Hall–Kier alpha value is -0.840. The molecular weight excluding hydrogens is 258 g/mol. The predicted octanol–water partition coefficient (Wildman–Crippen LogP) is 2.51. The van der Waals surface area contributed by atoms with E-state index in [1.165, 1.54) is 0 Å². The van der Waals surface area contributed by atoms with Crippen molar-refractivity contribution in [2.45, 2.75) is 12.5 Å². The predicted molar refractivity (Wildman–Crippen MR) is 58.0 cm³/mol. The van der Waals surface area contributed by atoms with Crippen molar-refractivity contribution >= 4 is 29.2 Å². The first-order chi connectivity index (χ1) is 7.30. The fourth-order valence-corrected chi connectivity index (χ4v) is 1.77. The van der Waals surface area contributed by atoms with E-state index in [0.29, 0.717) is 0 Å². The molecule has 16 heavy (non-hydrogen) atoms. The maximum Gasteiger partial charge on any atom is 0.342 e. The fourth-order valence-electron chi connectivity index (χ4n) is 1.20. The molecule has 0 amide bonds. The van der Waals surface area contributed by atoms with Gasteiger partial charge >= 0.3 is 5.97 Å². The molecule has 0 saturated heterocycles. The highest BCUT2D eigenvalue weighted by Gasteiger charge is 2.36.